The number of carboxylic acids is 1. The third-order valence-electron chi connectivity index (χ3n) is 3.29. The van der Waals surface area contributed by atoms with Crippen LogP contribution in [0.2, 0.25) is 0 Å². The molecule has 20 heavy (non-hydrogen) atoms. The van der Waals surface area contributed by atoms with Crippen LogP contribution in [0, 0.1) is 0 Å². The van der Waals surface area contributed by atoms with Gasteiger partial charge in [-0.15, -0.1) is 10.2 Å². The molecule has 2 N–H and O–H groups in total. The number of carbonyl (C=O) groups excluding carboxylic acids is 1. The van der Waals surface area contributed by atoms with Gasteiger partial charge in [0.25, 0.3) is 0 Å². The Morgan fingerprint density at radius 3 is 2.50 bits per heavy atom. The maximum Gasteiger partial charge on any atom is 0.356 e. The van der Waals surface area contributed by atoms with Gasteiger partial charge in [-0.2, -0.15) is 0 Å². The fourth-order valence-electron chi connectivity index (χ4n) is 2.20. The van der Waals surface area contributed by atoms with E-state index in [1.807, 2.05) is 4.90 Å². The number of amides is 1. The minimum atomic E-state index is -1.12. The highest BCUT2D eigenvalue weighted by Gasteiger charge is 2.22. The molecule has 0 aliphatic carbocycles. The van der Waals surface area contributed by atoms with E-state index < -0.39 is 12.0 Å². The van der Waals surface area contributed by atoms with Gasteiger partial charge in [-0.25, -0.2) is 4.79 Å². The first-order valence-corrected chi connectivity index (χ1v) is 6.70. The van der Waals surface area contributed by atoms with E-state index in [1.54, 1.807) is 6.92 Å². The average Bonchev–Trinajstić information content (AvgIpc) is 2.48. The van der Waals surface area contributed by atoms with Gasteiger partial charge in [-0.05, 0) is 38.3 Å². The second-order valence-electron chi connectivity index (χ2n) is 4.86. The lowest BCUT2D eigenvalue weighted by Crippen LogP contribution is -2.44. The maximum atomic E-state index is 12.2. The Labute approximate surface area is 117 Å². The van der Waals surface area contributed by atoms with E-state index in [1.165, 1.54) is 18.6 Å². The smallest absolute Gasteiger partial charge is 0.356 e. The van der Waals surface area contributed by atoms with Crippen molar-refractivity contribution in [2.75, 3.05) is 18.4 Å². The van der Waals surface area contributed by atoms with Gasteiger partial charge in [0.15, 0.2) is 5.69 Å². The summed E-state index contributed by atoms with van der Waals surface area (Å²) in [5.41, 5.74) is -0.120. The zero-order valence-electron chi connectivity index (χ0n) is 11.4. The molecule has 0 saturated carbocycles. The summed E-state index contributed by atoms with van der Waals surface area (Å²) in [5.74, 6) is -0.692. The van der Waals surface area contributed by atoms with Crippen molar-refractivity contribution in [2.24, 2.45) is 0 Å². The van der Waals surface area contributed by atoms with Gasteiger partial charge >= 0.3 is 5.97 Å². The number of nitrogens with zero attached hydrogens (tertiary/aromatic N) is 3. The Hall–Kier alpha value is -2.18. The minimum Gasteiger partial charge on any atom is -0.476 e. The van der Waals surface area contributed by atoms with Crippen LogP contribution in [0.4, 0.5) is 5.82 Å². The lowest BCUT2D eigenvalue weighted by molar-refractivity contribution is -0.132. The minimum absolute atomic E-state index is 0.0359. The molecule has 7 nitrogen and oxygen atoms in total. The summed E-state index contributed by atoms with van der Waals surface area (Å²) in [7, 11) is 0. The van der Waals surface area contributed by atoms with Gasteiger partial charge < -0.3 is 15.3 Å². The van der Waals surface area contributed by atoms with Gasteiger partial charge in [0.05, 0.1) is 0 Å². The Morgan fingerprint density at radius 2 is 1.95 bits per heavy atom. The summed E-state index contributed by atoms with van der Waals surface area (Å²) in [6.07, 6.45) is 3.27. The zero-order chi connectivity index (χ0) is 14.5. The van der Waals surface area contributed by atoms with Crippen LogP contribution in [-0.2, 0) is 4.79 Å². The zero-order valence-corrected chi connectivity index (χ0v) is 11.4. The number of aromatic carboxylic acids is 1. The Kier molecular flexibility index (Phi) is 4.49. The second-order valence-corrected chi connectivity index (χ2v) is 4.86. The predicted octanol–water partition coefficient (Wildman–Crippen LogP) is 0.988. The predicted molar refractivity (Wildman–Crippen MR) is 72.5 cm³/mol. The summed E-state index contributed by atoms with van der Waals surface area (Å²) in [6.45, 7) is 3.37. The van der Waals surface area contributed by atoms with E-state index in [-0.39, 0.29) is 11.6 Å². The second kappa shape index (κ2) is 6.31. The SMILES string of the molecule is CC(Nc1ccc(C(=O)O)nn1)C(=O)N1CCCCC1. The number of anilines is 1. The molecule has 108 valence electrons. The Bertz CT molecular complexity index is 483. The quantitative estimate of drug-likeness (QED) is 0.852. The number of hydrogen-bond acceptors (Lipinski definition) is 5. The first-order chi connectivity index (χ1) is 9.58. The summed E-state index contributed by atoms with van der Waals surface area (Å²) in [6, 6.07) is 2.46. The van der Waals surface area contributed by atoms with Crippen molar-refractivity contribution in [3.8, 4) is 0 Å². The van der Waals surface area contributed by atoms with Gasteiger partial charge in [-0.3, -0.25) is 4.79 Å². The highest BCUT2D eigenvalue weighted by molar-refractivity contribution is 5.86. The molecule has 0 bridgehead atoms. The van der Waals surface area contributed by atoms with Crippen LogP contribution < -0.4 is 5.32 Å². The highest BCUT2D eigenvalue weighted by Crippen LogP contribution is 2.12. The van der Waals surface area contributed by atoms with E-state index >= 15 is 0 Å². The molecule has 0 aromatic carbocycles. The summed E-state index contributed by atoms with van der Waals surface area (Å²) < 4.78 is 0. The molecule has 0 spiro atoms. The van der Waals surface area contributed by atoms with Crippen molar-refractivity contribution in [1.82, 2.24) is 15.1 Å². The molecule has 2 rings (SSSR count). The van der Waals surface area contributed by atoms with Crippen LogP contribution in [0.1, 0.15) is 36.7 Å². The molecule has 1 atom stereocenters. The van der Waals surface area contributed by atoms with Crippen LogP contribution in [0.15, 0.2) is 12.1 Å². The molecule has 1 fully saturated rings. The number of rotatable bonds is 4. The number of aromatic nitrogens is 2. The van der Waals surface area contributed by atoms with Crippen molar-refractivity contribution in [3.05, 3.63) is 17.8 Å². The Morgan fingerprint density at radius 1 is 1.25 bits per heavy atom. The number of carbonyl (C=O) groups is 2. The molecular weight excluding hydrogens is 260 g/mol. The number of piperidine rings is 1. The largest absolute Gasteiger partial charge is 0.476 e. The fourth-order valence-corrected chi connectivity index (χ4v) is 2.20. The van der Waals surface area contributed by atoms with Crippen LogP contribution in [0.5, 0.6) is 0 Å². The van der Waals surface area contributed by atoms with Crippen molar-refractivity contribution < 1.29 is 14.7 Å². The van der Waals surface area contributed by atoms with E-state index in [0.717, 1.165) is 25.9 Å². The standard InChI is InChI=1S/C13H18N4O3/c1-9(12(18)17-7-3-2-4-8-17)14-11-6-5-10(13(19)20)15-16-11/h5-6,9H,2-4,7-8H2,1H3,(H,14,16)(H,19,20). The molecule has 2 heterocycles. The Balaban J connectivity index is 1.94. The lowest BCUT2D eigenvalue weighted by Gasteiger charge is -2.29. The van der Waals surface area contributed by atoms with E-state index in [0.29, 0.717) is 5.82 Å². The molecule has 1 aromatic heterocycles. The monoisotopic (exact) mass is 278 g/mol. The molecule has 1 unspecified atom stereocenters. The van der Waals surface area contributed by atoms with E-state index in [2.05, 4.69) is 15.5 Å². The number of likely N-dealkylation sites (tertiary alicyclic amines) is 1. The van der Waals surface area contributed by atoms with Gasteiger partial charge in [-0.1, -0.05) is 0 Å². The molecular formula is C13H18N4O3. The molecule has 1 amide bonds. The van der Waals surface area contributed by atoms with Crippen LogP contribution in [0.25, 0.3) is 0 Å². The third-order valence-corrected chi connectivity index (χ3v) is 3.29. The summed E-state index contributed by atoms with van der Waals surface area (Å²) in [4.78, 5) is 24.7. The average molecular weight is 278 g/mol. The van der Waals surface area contributed by atoms with Crippen LogP contribution in [0.3, 0.4) is 0 Å². The molecule has 7 heteroatoms. The fraction of sp³-hybridized carbons (Fsp3) is 0.538. The summed E-state index contributed by atoms with van der Waals surface area (Å²) in [5, 5.41) is 19.0. The van der Waals surface area contributed by atoms with Crippen molar-refractivity contribution in [2.45, 2.75) is 32.2 Å². The van der Waals surface area contributed by atoms with Gasteiger partial charge in [0, 0.05) is 13.1 Å². The highest BCUT2D eigenvalue weighted by atomic mass is 16.4. The third kappa shape index (κ3) is 3.43. The lowest BCUT2D eigenvalue weighted by atomic mass is 10.1. The molecule has 0 radical (unpaired) electrons. The first-order valence-electron chi connectivity index (χ1n) is 6.70. The van der Waals surface area contributed by atoms with E-state index in [4.69, 9.17) is 5.11 Å². The normalized spacial score (nSPS) is 16.6. The number of carboxylic acid groups (broad SMARTS) is 1. The van der Waals surface area contributed by atoms with Crippen LogP contribution in [-0.4, -0.2) is 51.2 Å². The maximum absolute atomic E-state index is 12.2. The van der Waals surface area contributed by atoms with Crippen molar-refractivity contribution in [3.63, 3.8) is 0 Å². The topological polar surface area (TPSA) is 95.4 Å². The first kappa shape index (κ1) is 14.2. The molecule has 1 saturated heterocycles. The summed E-state index contributed by atoms with van der Waals surface area (Å²) >= 11 is 0. The van der Waals surface area contributed by atoms with Gasteiger partial charge in [0.2, 0.25) is 5.91 Å². The van der Waals surface area contributed by atoms with Crippen molar-refractivity contribution >= 4 is 17.7 Å². The van der Waals surface area contributed by atoms with Crippen LogP contribution >= 0.6 is 0 Å². The molecule has 1 aliphatic rings. The van der Waals surface area contributed by atoms with Gasteiger partial charge in [0.1, 0.15) is 11.9 Å². The molecule has 1 aromatic rings. The number of hydrogen-bond donors (Lipinski definition) is 2. The van der Waals surface area contributed by atoms with E-state index in [9.17, 15) is 9.59 Å². The van der Waals surface area contributed by atoms with Crippen molar-refractivity contribution in [1.29, 1.82) is 0 Å². The molecule has 1 aliphatic heterocycles. The number of nitrogens with one attached hydrogen (secondary N) is 1.